The molecule has 0 N–H and O–H groups in total. The Morgan fingerprint density at radius 1 is 0.395 bits per heavy atom. The fourth-order valence-electron chi connectivity index (χ4n) is 4.38. The summed E-state index contributed by atoms with van der Waals surface area (Å²) in [6.45, 7) is 0. The third-order valence-corrected chi connectivity index (χ3v) is 10.6. The molecule has 6 rings (SSSR count). The third-order valence-electron chi connectivity index (χ3n) is 6.13. The van der Waals surface area contributed by atoms with Crippen molar-refractivity contribution in [2.45, 2.75) is 0 Å². The van der Waals surface area contributed by atoms with Gasteiger partial charge in [-0.15, -0.1) is 0 Å². The topological polar surface area (TPSA) is 23.6 Å². The molecule has 2 heterocycles. The van der Waals surface area contributed by atoms with E-state index in [1.165, 1.54) is 0 Å². The molecule has 0 atom stereocenters. The van der Waals surface area contributed by atoms with E-state index in [0.717, 1.165) is 40.7 Å². The predicted octanol–water partition coefficient (Wildman–Crippen LogP) is 7.97. The summed E-state index contributed by atoms with van der Waals surface area (Å²) in [5.41, 5.74) is 4.40. The van der Waals surface area contributed by atoms with E-state index in [9.17, 15) is 4.79 Å². The average molecular weight is 622 g/mol. The van der Waals surface area contributed by atoms with Crippen LogP contribution in [0.15, 0.2) is 146 Å². The maximum absolute atomic E-state index is 13.7. The van der Waals surface area contributed by atoms with Gasteiger partial charge in [0.1, 0.15) is 0 Å². The zero-order valence-electron chi connectivity index (χ0n) is 20.5. The van der Waals surface area contributed by atoms with Gasteiger partial charge < -0.3 is 0 Å². The molecule has 38 heavy (non-hydrogen) atoms. The Morgan fingerprint density at radius 2 is 0.684 bits per heavy atom. The van der Waals surface area contributed by atoms with Crippen LogP contribution < -0.4 is 9.80 Å². The van der Waals surface area contributed by atoms with Gasteiger partial charge >= 0.3 is 236 Å². The second-order valence-electron chi connectivity index (χ2n) is 8.62. The van der Waals surface area contributed by atoms with E-state index in [0.29, 0.717) is 0 Å². The molecule has 5 heteroatoms. The summed E-state index contributed by atoms with van der Waals surface area (Å²) < 4.78 is 4.12. The van der Waals surface area contributed by atoms with Gasteiger partial charge in [0.05, 0.1) is 0 Å². The Labute approximate surface area is 234 Å². The maximum atomic E-state index is 13.7. The van der Waals surface area contributed by atoms with Crippen molar-refractivity contribution in [2.24, 2.45) is 0 Å². The zero-order valence-corrected chi connectivity index (χ0v) is 23.9. The van der Waals surface area contributed by atoms with Crippen LogP contribution in [0, 0.1) is 0 Å². The van der Waals surface area contributed by atoms with Gasteiger partial charge in [0, 0.05) is 0 Å². The summed E-state index contributed by atoms with van der Waals surface area (Å²) >= 11 is -0.192. The van der Waals surface area contributed by atoms with Crippen LogP contribution in [0.3, 0.4) is 0 Å². The molecule has 0 fully saturated rings. The minimum atomic E-state index is -0.0962. The van der Waals surface area contributed by atoms with Gasteiger partial charge in [-0.1, -0.05) is 0 Å². The number of ketones is 1. The molecule has 6 aromatic rings. The van der Waals surface area contributed by atoms with Crippen molar-refractivity contribution in [1.82, 2.24) is 0 Å². The molecular formula is C33H24N2OSe2. The first kappa shape index (κ1) is 24.5. The number of nitrogens with zero attached hydrogens (tertiary/aromatic N) is 2. The predicted molar refractivity (Wildman–Crippen MR) is 160 cm³/mol. The first-order valence-corrected chi connectivity index (χ1v) is 15.8. The summed E-state index contributed by atoms with van der Waals surface area (Å²) in [6, 6.07) is 49.7. The summed E-state index contributed by atoms with van der Waals surface area (Å²) in [5.74, 6) is 0.171. The van der Waals surface area contributed by atoms with Gasteiger partial charge in [0.25, 0.3) is 0 Å². The molecule has 0 aliphatic rings. The molecule has 2 aromatic heterocycles. The Hall–Kier alpha value is -3.85. The van der Waals surface area contributed by atoms with Crippen LogP contribution in [0.4, 0.5) is 31.9 Å². The quantitative estimate of drug-likeness (QED) is 0.127. The van der Waals surface area contributed by atoms with Crippen molar-refractivity contribution < 1.29 is 4.79 Å². The Balaban J connectivity index is 1.33. The number of anilines is 6. The van der Waals surface area contributed by atoms with Crippen molar-refractivity contribution in [3.63, 3.8) is 0 Å². The molecule has 0 aliphatic carbocycles. The van der Waals surface area contributed by atoms with E-state index in [-0.39, 0.29) is 34.8 Å². The molecule has 0 saturated heterocycles. The molecule has 0 aliphatic heterocycles. The van der Waals surface area contributed by atoms with Crippen molar-refractivity contribution in [1.29, 1.82) is 0 Å². The monoisotopic (exact) mass is 624 g/mol. The van der Waals surface area contributed by atoms with Crippen molar-refractivity contribution in [2.75, 3.05) is 9.80 Å². The van der Waals surface area contributed by atoms with Crippen LogP contribution in [0.2, 0.25) is 0 Å². The van der Waals surface area contributed by atoms with Crippen molar-refractivity contribution >= 4 is 66.7 Å². The molecule has 4 aromatic carbocycles. The Bertz CT molecular complexity index is 1430. The average Bonchev–Trinajstić information content (AvgIpc) is 3.66. The number of rotatable bonds is 8. The summed E-state index contributed by atoms with van der Waals surface area (Å²) in [5, 5.41) is 0. The van der Waals surface area contributed by atoms with Crippen LogP contribution in [-0.4, -0.2) is 34.8 Å². The second-order valence-corrected chi connectivity index (χ2v) is 13.1. The Kier molecular flexibility index (Phi) is 7.26. The molecule has 0 unspecified atom stereocenters. The third kappa shape index (κ3) is 5.11. The SMILES string of the molecule is O=C(c1ccc(N(c2ccccc2)c2ccccc2)[se]1)c1ccc(N(c2ccccc2)c2ccccc2)[se]1. The summed E-state index contributed by atoms with van der Waals surface area (Å²) in [7, 11) is 0. The Morgan fingerprint density at radius 3 is 0.974 bits per heavy atom. The second kappa shape index (κ2) is 11.3. The fourth-order valence-corrected chi connectivity index (χ4v) is 8.91. The zero-order chi connectivity index (χ0) is 25.7. The fraction of sp³-hybridized carbons (Fsp3) is 0. The van der Waals surface area contributed by atoms with E-state index >= 15 is 0 Å². The molecule has 3 nitrogen and oxygen atoms in total. The van der Waals surface area contributed by atoms with Crippen molar-refractivity contribution in [3.8, 4) is 0 Å². The van der Waals surface area contributed by atoms with E-state index in [1.54, 1.807) is 0 Å². The molecular weight excluding hydrogens is 598 g/mol. The minimum absolute atomic E-state index is 0.0962. The van der Waals surface area contributed by atoms with Crippen LogP contribution in [-0.2, 0) is 0 Å². The molecule has 0 amide bonds. The normalized spacial score (nSPS) is 10.7. The van der Waals surface area contributed by atoms with E-state index in [2.05, 4.69) is 119 Å². The van der Waals surface area contributed by atoms with Crippen molar-refractivity contribution in [3.05, 3.63) is 154 Å². The summed E-state index contributed by atoms with van der Waals surface area (Å²) in [4.78, 5) is 18.3. The van der Waals surface area contributed by atoms with Crippen LogP contribution >= 0.6 is 0 Å². The van der Waals surface area contributed by atoms with Crippen LogP contribution in [0.1, 0.15) is 13.7 Å². The molecule has 0 spiro atoms. The van der Waals surface area contributed by atoms with Gasteiger partial charge in [-0.05, 0) is 0 Å². The molecule has 0 radical (unpaired) electrons. The molecule has 0 bridgehead atoms. The van der Waals surface area contributed by atoms with E-state index in [1.807, 2.05) is 36.4 Å². The van der Waals surface area contributed by atoms with E-state index < -0.39 is 0 Å². The number of carbonyl (C=O) groups excluding carboxylic acids is 1. The van der Waals surface area contributed by atoms with Gasteiger partial charge in [0.15, 0.2) is 0 Å². The number of carbonyl (C=O) groups is 1. The van der Waals surface area contributed by atoms with E-state index in [4.69, 9.17) is 0 Å². The number of hydrogen-bond donors (Lipinski definition) is 0. The van der Waals surface area contributed by atoms with Gasteiger partial charge in [0.2, 0.25) is 0 Å². The number of hydrogen-bond acceptors (Lipinski definition) is 3. The first-order chi connectivity index (χ1) is 18.8. The first-order valence-electron chi connectivity index (χ1n) is 12.3. The van der Waals surface area contributed by atoms with Gasteiger partial charge in [-0.3, -0.25) is 0 Å². The standard InChI is InChI=1S/C33H24N2OSe2/c36-33(29-21-23-31(37-29)34(25-13-5-1-6-14-25)26-15-7-2-8-16-26)30-22-24-32(38-30)35(27-17-9-3-10-18-27)28-19-11-4-12-20-28/h1-24H. The van der Waals surface area contributed by atoms with Gasteiger partial charge in [-0.2, -0.15) is 0 Å². The van der Waals surface area contributed by atoms with Crippen LogP contribution in [0.5, 0.6) is 0 Å². The van der Waals surface area contributed by atoms with Gasteiger partial charge in [-0.25, -0.2) is 0 Å². The summed E-state index contributed by atoms with van der Waals surface area (Å²) in [6.07, 6.45) is 0. The molecule has 0 saturated carbocycles. The number of benzene rings is 4. The molecule has 184 valence electrons. The van der Waals surface area contributed by atoms with Crippen LogP contribution in [0.25, 0.3) is 0 Å². The number of para-hydroxylation sites is 4.